The summed E-state index contributed by atoms with van der Waals surface area (Å²) in [6, 6.07) is 6.81. The second-order valence-corrected chi connectivity index (χ2v) is 3.41. The predicted octanol–water partition coefficient (Wildman–Crippen LogP) is 1.40. The maximum absolute atomic E-state index is 11.2. The quantitative estimate of drug-likeness (QED) is 0.599. The van der Waals surface area contributed by atoms with Crippen molar-refractivity contribution in [2.24, 2.45) is 0 Å². The van der Waals surface area contributed by atoms with Gasteiger partial charge in [0.15, 0.2) is 0 Å². The Morgan fingerprint density at radius 2 is 2.15 bits per heavy atom. The largest absolute Gasteiger partial charge is 0.424 e. The smallest absolute Gasteiger partial charge is 0.341 e. The molecule has 4 heteroatoms. The topological polar surface area (TPSA) is 46.5 Å². The Kier molecular flexibility index (Phi) is 1.89. The summed E-state index contributed by atoms with van der Waals surface area (Å²) in [6.45, 7) is 0. The van der Waals surface area contributed by atoms with E-state index in [0.29, 0.717) is 11.1 Å². The van der Waals surface area contributed by atoms with Gasteiger partial charge in [-0.1, -0.05) is 34.1 Å². The average molecular weight is 243 g/mol. The second-order valence-electron chi connectivity index (χ2n) is 2.85. The van der Waals surface area contributed by atoms with Crippen LogP contribution in [0.15, 0.2) is 24.3 Å². The van der Waals surface area contributed by atoms with Crippen LogP contribution >= 0.6 is 15.9 Å². The van der Waals surface area contributed by atoms with Gasteiger partial charge in [0.1, 0.15) is 0 Å². The van der Waals surface area contributed by atoms with Gasteiger partial charge >= 0.3 is 5.97 Å². The molecule has 0 amide bonds. The number of carbonyl (C=O) groups is 1. The minimum atomic E-state index is -1.49. The number of alkyl halides is 1. The van der Waals surface area contributed by atoms with Crippen LogP contribution in [0.2, 0.25) is 0 Å². The number of carbonyl (C=O) groups excluding carboxylic acids is 1. The number of benzene rings is 1. The molecule has 1 atom stereocenters. The molecule has 0 aliphatic carbocycles. The third-order valence-electron chi connectivity index (χ3n) is 2.01. The first-order chi connectivity index (χ1) is 6.17. The SMILES string of the molecule is O=C1O[C@](O)(CBr)c2ccccc21. The average Bonchev–Trinajstić information content (AvgIpc) is 2.42. The fourth-order valence-electron chi connectivity index (χ4n) is 1.36. The van der Waals surface area contributed by atoms with Crippen molar-refractivity contribution in [1.82, 2.24) is 0 Å². The molecule has 0 bridgehead atoms. The second kappa shape index (κ2) is 2.82. The van der Waals surface area contributed by atoms with Crippen LogP contribution in [0.3, 0.4) is 0 Å². The lowest BCUT2D eigenvalue weighted by Crippen LogP contribution is -2.27. The first kappa shape index (κ1) is 8.72. The molecule has 1 aromatic rings. The van der Waals surface area contributed by atoms with Gasteiger partial charge in [-0.2, -0.15) is 0 Å². The van der Waals surface area contributed by atoms with Crippen molar-refractivity contribution in [2.75, 3.05) is 5.33 Å². The number of halogens is 1. The van der Waals surface area contributed by atoms with E-state index in [1.54, 1.807) is 24.3 Å². The molecule has 0 aromatic heterocycles. The Bertz CT molecular complexity index is 364. The molecule has 0 saturated carbocycles. The van der Waals surface area contributed by atoms with Crippen LogP contribution in [0.4, 0.5) is 0 Å². The van der Waals surface area contributed by atoms with Gasteiger partial charge in [0.2, 0.25) is 5.79 Å². The number of fused-ring (bicyclic) bond motifs is 1. The van der Waals surface area contributed by atoms with Gasteiger partial charge in [-0.15, -0.1) is 0 Å². The monoisotopic (exact) mass is 242 g/mol. The highest BCUT2D eigenvalue weighted by atomic mass is 79.9. The Morgan fingerprint density at radius 3 is 2.85 bits per heavy atom. The number of rotatable bonds is 1. The van der Waals surface area contributed by atoms with Gasteiger partial charge in [-0.05, 0) is 6.07 Å². The maximum atomic E-state index is 11.2. The summed E-state index contributed by atoms with van der Waals surface area (Å²) in [4.78, 5) is 11.2. The fourth-order valence-corrected chi connectivity index (χ4v) is 1.78. The number of cyclic esters (lactones) is 1. The lowest BCUT2D eigenvalue weighted by Gasteiger charge is -2.18. The van der Waals surface area contributed by atoms with E-state index >= 15 is 0 Å². The van der Waals surface area contributed by atoms with Crippen molar-refractivity contribution < 1.29 is 14.6 Å². The number of hydrogen-bond acceptors (Lipinski definition) is 3. The van der Waals surface area contributed by atoms with Crippen molar-refractivity contribution in [3.05, 3.63) is 35.4 Å². The number of aliphatic hydroxyl groups is 1. The van der Waals surface area contributed by atoms with E-state index in [0.717, 1.165) is 0 Å². The summed E-state index contributed by atoms with van der Waals surface area (Å²) in [5.74, 6) is -1.97. The number of hydrogen-bond donors (Lipinski definition) is 1. The molecule has 0 fully saturated rings. The highest BCUT2D eigenvalue weighted by Gasteiger charge is 2.42. The molecular weight excluding hydrogens is 236 g/mol. The zero-order valence-corrected chi connectivity index (χ0v) is 8.24. The molecule has 0 radical (unpaired) electrons. The van der Waals surface area contributed by atoms with Crippen LogP contribution in [0.25, 0.3) is 0 Å². The fraction of sp³-hybridized carbons (Fsp3) is 0.222. The molecule has 1 heterocycles. The van der Waals surface area contributed by atoms with Crippen molar-refractivity contribution >= 4 is 21.9 Å². The highest BCUT2D eigenvalue weighted by Crippen LogP contribution is 2.35. The van der Waals surface area contributed by atoms with Crippen LogP contribution in [0, 0.1) is 0 Å². The van der Waals surface area contributed by atoms with Gasteiger partial charge in [-0.3, -0.25) is 0 Å². The summed E-state index contributed by atoms with van der Waals surface area (Å²) in [6.07, 6.45) is 0. The van der Waals surface area contributed by atoms with Crippen LogP contribution in [-0.2, 0) is 10.5 Å². The Morgan fingerprint density at radius 1 is 1.46 bits per heavy atom. The molecule has 0 saturated heterocycles. The maximum Gasteiger partial charge on any atom is 0.341 e. The molecule has 0 unspecified atom stereocenters. The van der Waals surface area contributed by atoms with Gasteiger partial charge < -0.3 is 9.84 Å². The minimum Gasteiger partial charge on any atom is -0.424 e. The van der Waals surface area contributed by atoms with Gasteiger partial charge in [-0.25, -0.2) is 4.79 Å². The van der Waals surface area contributed by atoms with E-state index < -0.39 is 11.8 Å². The van der Waals surface area contributed by atoms with E-state index in [9.17, 15) is 9.90 Å². The summed E-state index contributed by atoms with van der Waals surface area (Å²) >= 11 is 3.10. The molecule has 68 valence electrons. The zero-order valence-electron chi connectivity index (χ0n) is 6.66. The highest BCUT2D eigenvalue weighted by molar-refractivity contribution is 9.09. The Labute approximate surface area is 83.5 Å². The summed E-state index contributed by atoms with van der Waals surface area (Å²) in [5.41, 5.74) is 0.960. The molecule has 2 rings (SSSR count). The van der Waals surface area contributed by atoms with Crippen LogP contribution < -0.4 is 0 Å². The van der Waals surface area contributed by atoms with Gasteiger partial charge in [0, 0.05) is 5.56 Å². The number of esters is 1. The molecule has 1 aliphatic heterocycles. The molecular formula is C9H7BrO3. The molecule has 0 spiro atoms. The Balaban J connectivity index is 2.59. The Hall–Kier alpha value is -0.870. The van der Waals surface area contributed by atoms with Crippen molar-refractivity contribution in [3.63, 3.8) is 0 Å². The molecule has 1 N–H and O–H groups in total. The first-order valence-electron chi connectivity index (χ1n) is 3.78. The number of ether oxygens (including phenoxy) is 1. The van der Waals surface area contributed by atoms with E-state index in [1.807, 2.05) is 0 Å². The van der Waals surface area contributed by atoms with Crippen LogP contribution in [0.1, 0.15) is 15.9 Å². The molecule has 3 nitrogen and oxygen atoms in total. The normalized spacial score (nSPS) is 25.5. The summed E-state index contributed by atoms with van der Waals surface area (Å²) in [7, 11) is 0. The standard InChI is InChI=1S/C9H7BrO3/c10-5-9(12)7-4-2-1-3-6(7)8(11)13-9/h1-4,12H,5H2/t9-/m1/s1. The minimum absolute atomic E-state index is 0.183. The molecule has 1 aliphatic rings. The van der Waals surface area contributed by atoms with E-state index in [2.05, 4.69) is 15.9 Å². The predicted molar refractivity (Wildman–Crippen MR) is 49.5 cm³/mol. The van der Waals surface area contributed by atoms with Crippen molar-refractivity contribution in [2.45, 2.75) is 5.79 Å². The lowest BCUT2D eigenvalue weighted by atomic mass is 10.0. The van der Waals surface area contributed by atoms with E-state index in [-0.39, 0.29) is 5.33 Å². The molecule has 13 heavy (non-hydrogen) atoms. The van der Waals surface area contributed by atoms with Crippen LogP contribution in [0.5, 0.6) is 0 Å². The summed E-state index contributed by atoms with van der Waals surface area (Å²) in [5, 5.41) is 10.0. The zero-order chi connectivity index (χ0) is 9.47. The van der Waals surface area contributed by atoms with Crippen molar-refractivity contribution in [3.8, 4) is 0 Å². The van der Waals surface area contributed by atoms with E-state index in [1.165, 1.54) is 0 Å². The third kappa shape index (κ3) is 1.17. The van der Waals surface area contributed by atoms with Crippen molar-refractivity contribution in [1.29, 1.82) is 0 Å². The van der Waals surface area contributed by atoms with Gasteiger partial charge in [0.05, 0.1) is 10.9 Å². The summed E-state index contributed by atoms with van der Waals surface area (Å²) < 4.78 is 4.84. The lowest BCUT2D eigenvalue weighted by molar-refractivity contribution is -0.142. The third-order valence-corrected chi connectivity index (χ3v) is 2.77. The van der Waals surface area contributed by atoms with E-state index in [4.69, 9.17) is 4.74 Å². The van der Waals surface area contributed by atoms with Gasteiger partial charge in [0.25, 0.3) is 0 Å². The first-order valence-corrected chi connectivity index (χ1v) is 4.91. The molecule has 1 aromatic carbocycles. The van der Waals surface area contributed by atoms with Crippen LogP contribution in [-0.4, -0.2) is 16.4 Å².